The predicted octanol–water partition coefficient (Wildman–Crippen LogP) is 1.79. The van der Waals surface area contributed by atoms with E-state index in [2.05, 4.69) is 22.9 Å². The van der Waals surface area contributed by atoms with Crippen molar-refractivity contribution in [2.75, 3.05) is 19.6 Å². The molecule has 0 radical (unpaired) electrons. The lowest BCUT2D eigenvalue weighted by molar-refractivity contribution is -0.144. The molecule has 3 N–H and O–H groups in total. The number of nitrogens with zero attached hydrogens (tertiary/aromatic N) is 1. The molecule has 6 atom stereocenters. The SMILES string of the molecule is CC1CCCC(CNC(=O)NCC2CCC3CN(C4CCC(=O)NC4=O)C(=O)C3C2)C1. The summed E-state index contributed by atoms with van der Waals surface area (Å²) in [7, 11) is 0. The van der Waals surface area contributed by atoms with Crippen molar-refractivity contribution < 1.29 is 19.2 Å². The van der Waals surface area contributed by atoms with Crippen molar-refractivity contribution in [1.29, 1.82) is 0 Å². The molecule has 2 heterocycles. The minimum Gasteiger partial charge on any atom is -0.338 e. The largest absolute Gasteiger partial charge is 0.338 e. The third-order valence-corrected chi connectivity index (χ3v) is 7.87. The number of rotatable bonds is 5. The van der Waals surface area contributed by atoms with E-state index in [0.717, 1.165) is 31.7 Å². The third kappa shape index (κ3) is 5.21. The molecule has 2 saturated heterocycles. The molecule has 2 saturated carbocycles. The normalized spacial score (nSPS) is 36.0. The van der Waals surface area contributed by atoms with E-state index in [1.165, 1.54) is 25.7 Å². The van der Waals surface area contributed by atoms with Crippen LogP contribution in [0.25, 0.3) is 0 Å². The minimum absolute atomic E-state index is 0.0417. The van der Waals surface area contributed by atoms with Crippen LogP contribution < -0.4 is 16.0 Å². The van der Waals surface area contributed by atoms with E-state index in [9.17, 15) is 19.2 Å². The van der Waals surface area contributed by atoms with Gasteiger partial charge in [-0.25, -0.2) is 4.79 Å². The second kappa shape index (κ2) is 9.57. The van der Waals surface area contributed by atoms with Gasteiger partial charge in [-0.05, 0) is 62.2 Å². The van der Waals surface area contributed by atoms with Crippen molar-refractivity contribution in [3.8, 4) is 0 Å². The number of imide groups is 1. The molecule has 0 aromatic carbocycles. The van der Waals surface area contributed by atoms with Crippen molar-refractivity contribution in [2.24, 2.45) is 29.6 Å². The van der Waals surface area contributed by atoms with Gasteiger partial charge in [-0.15, -0.1) is 0 Å². The van der Waals surface area contributed by atoms with Crippen molar-refractivity contribution in [2.45, 2.75) is 70.8 Å². The molecule has 0 bridgehead atoms. The van der Waals surface area contributed by atoms with Crippen LogP contribution >= 0.6 is 0 Å². The van der Waals surface area contributed by atoms with Crippen molar-refractivity contribution >= 4 is 23.8 Å². The molecule has 4 fully saturated rings. The topological polar surface area (TPSA) is 108 Å². The molecule has 172 valence electrons. The zero-order valence-corrected chi connectivity index (χ0v) is 18.5. The number of hydrogen-bond donors (Lipinski definition) is 3. The van der Waals surface area contributed by atoms with Crippen molar-refractivity contribution in [3.63, 3.8) is 0 Å². The molecule has 8 nitrogen and oxygen atoms in total. The van der Waals surface area contributed by atoms with E-state index in [0.29, 0.717) is 25.4 Å². The summed E-state index contributed by atoms with van der Waals surface area (Å²) in [6, 6.07) is -0.621. The number of carbonyl (C=O) groups is 4. The van der Waals surface area contributed by atoms with Crippen LogP contribution in [0.1, 0.15) is 64.7 Å². The first-order valence-corrected chi connectivity index (χ1v) is 12.1. The van der Waals surface area contributed by atoms with Gasteiger partial charge in [0.25, 0.3) is 0 Å². The molecule has 6 unspecified atom stereocenters. The van der Waals surface area contributed by atoms with E-state index in [-0.39, 0.29) is 47.9 Å². The summed E-state index contributed by atoms with van der Waals surface area (Å²) in [6.07, 6.45) is 8.33. The maximum atomic E-state index is 13.0. The van der Waals surface area contributed by atoms with E-state index in [1.807, 2.05) is 0 Å². The fraction of sp³-hybridized carbons (Fsp3) is 0.826. The molecule has 0 aromatic heterocycles. The van der Waals surface area contributed by atoms with Crippen LogP contribution in [0.3, 0.4) is 0 Å². The first-order valence-electron chi connectivity index (χ1n) is 12.1. The highest BCUT2D eigenvalue weighted by atomic mass is 16.2. The number of hydrogen-bond acceptors (Lipinski definition) is 4. The summed E-state index contributed by atoms with van der Waals surface area (Å²) in [5.74, 6) is 1.27. The Morgan fingerprint density at radius 1 is 1.00 bits per heavy atom. The second-order valence-electron chi connectivity index (χ2n) is 10.2. The van der Waals surface area contributed by atoms with Crippen LogP contribution in [0.4, 0.5) is 4.79 Å². The number of fused-ring (bicyclic) bond motifs is 1. The van der Waals surface area contributed by atoms with Crippen molar-refractivity contribution in [3.05, 3.63) is 0 Å². The number of carbonyl (C=O) groups excluding carboxylic acids is 4. The number of likely N-dealkylation sites (tertiary alicyclic amines) is 1. The fourth-order valence-electron chi connectivity index (χ4n) is 6.12. The molecule has 2 aliphatic carbocycles. The zero-order valence-electron chi connectivity index (χ0n) is 18.5. The maximum Gasteiger partial charge on any atom is 0.314 e. The minimum atomic E-state index is -0.513. The summed E-state index contributed by atoms with van der Waals surface area (Å²) in [4.78, 5) is 50.6. The highest BCUT2D eigenvalue weighted by Crippen LogP contribution is 2.41. The van der Waals surface area contributed by atoms with E-state index in [1.54, 1.807) is 4.90 Å². The quantitative estimate of drug-likeness (QED) is 0.576. The molecule has 4 aliphatic rings. The lowest BCUT2D eigenvalue weighted by Gasteiger charge is -2.30. The fourth-order valence-corrected chi connectivity index (χ4v) is 6.12. The Kier molecular flexibility index (Phi) is 6.82. The van der Waals surface area contributed by atoms with Gasteiger partial charge >= 0.3 is 6.03 Å². The summed E-state index contributed by atoms with van der Waals surface area (Å²) in [5, 5.41) is 8.40. The highest BCUT2D eigenvalue weighted by Gasteiger charge is 2.48. The van der Waals surface area contributed by atoms with Crippen LogP contribution in [0.15, 0.2) is 0 Å². The first-order chi connectivity index (χ1) is 14.9. The zero-order chi connectivity index (χ0) is 22.0. The van der Waals surface area contributed by atoms with Gasteiger partial charge in [0.2, 0.25) is 17.7 Å². The average molecular weight is 433 g/mol. The Labute approximate surface area is 184 Å². The van der Waals surface area contributed by atoms with Crippen LogP contribution in [-0.2, 0) is 14.4 Å². The monoisotopic (exact) mass is 432 g/mol. The van der Waals surface area contributed by atoms with Crippen LogP contribution in [0.5, 0.6) is 0 Å². The maximum absolute atomic E-state index is 13.0. The number of urea groups is 1. The average Bonchev–Trinajstić information content (AvgIpc) is 3.06. The van der Waals surface area contributed by atoms with Gasteiger partial charge in [-0.3, -0.25) is 19.7 Å². The molecular weight excluding hydrogens is 396 g/mol. The van der Waals surface area contributed by atoms with Crippen molar-refractivity contribution in [1.82, 2.24) is 20.9 Å². The smallest absolute Gasteiger partial charge is 0.314 e. The molecule has 0 spiro atoms. The lowest BCUT2D eigenvalue weighted by atomic mass is 9.75. The van der Waals surface area contributed by atoms with E-state index < -0.39 is 6.04 Å². The molecule has 0 aromatic rings. The van der Waals surface area contributed by atoms with Gasteiger partial charge in [-0.1, -0.05) is 19.8 Å². The Balaban J connectivity index is 1.21. The summed E-state index contributed by atoms with van der Waals surface area (Å²) < 4.78 is 0. The Bertz CT molecular complexity index is 726. The third-order valence-electron chi connectivity index (χ3n) is 7.87. The lowest BCUT2D eigenvalue weighted by Crippen LogP contribution is -2.53. The van der Waals surface area contributed by atoms with Gasteiger partial charge in [0.1, 0.15) is 6.04 Å². The molecule has 2 aliphatic heterocycles. The Hall–Kier alpha value is -2.12. The molecule has 4 rings (SSSR count). The number of piperidine rings is 1. The molecule has 8 heteroatoms. The predicted molar refractivity (Wildman–Crippen MR) is 115 cm³/mol. The standard InChI is InChI=1S/C23H36N4O4/c1-14-3-2-4-15(9-14)11-24-23(31)25-12-16-5-6-17-13-27(22(30)18(17)10-16)19-7-8-20(28)26-21(19)29/h14-19H,2-13H2,1H3,(H2,24,25,31)(H,26,28,29). The Morgan fingerprint density at radius 2 is 1.74 bits per heavy atom. The van der Waals surface area contributed by atoms with E-state index in [4.69, 9.17) is 0 Å². The number of amides is 5. The second-order valence-corrected chi connectivity index (χ2v) is 10.2. The summed E-state index contributed by atoms with van der Waals surface area (Å²) in [5.41, 5.74) is 0. The molecule has 31 heavy (non-hydrogen) atoms. The van der Waals surface area contributed by atoms with Gasteiger partial charge in [0.05, 0.1) is 0 Å². The molecule has 5 amide bonds. The van der Waals surface area contributed by atoms with Gasteiger partial charge < -0.3 is 15.5 Å². The highest BCUT2D eigenvalue weighted by molar-refractivity contribution is 6.02. The van der Waals surface area contributed by atoms with Gasteiger partial charge in [-0.2, -0.15) is 0 Å². The van der Waals surface area contributed by atoms with Crippen LogP contribution in [0.2, 0.25) is 0 Å². The summed E-state index contributed by atoms with van der Waals surface area (Å²) >= 11 is 0. The molecular formula is C23H36N4O4. The number of nitrogens with one attached hydrogen (secondary N) is 3. The summed E-state index contributed by atoms with van der Waals surface area (Å²) in [6.45, 7) is 4.22. The van der Waals surface area contributed by atoms with Gasteiger partial charge in [0.15, 0.2) is 0 Å². The van der Waals surface area contributed by atoms with E-state index >= 15 is 0 Å². The van der Waals surface area contributed by atoms with Crippen LogP contribution in [0, 0.1) is 29.6 Å². The first kappa shape index (κ1) is 22.1. The van der Waals surface area contributed by atoms with Crippen LogP contribution in [-0.4, -0.2) is 54.3 Å². The Morgan fingerprint density at radius 3 is 2.45 bits per heavy atom. The van der Waals surface area contributed by atoms with Gasteiger partial charge in [0, 0.05) is 32.0 Å².